The molecule has 1 N–H and O–H groups in total. The van der Waals surface area contributed by atoms with Gasteiger partial charge in [-0.2, -0.15) is 0 Å². The zero-order valence-corrected chi connectivity index (χ0v) is 6.64. The van der Waals surface area contributed by atoms with Crippen LogP contribution in [0.2, 0.25) is 0 Å². The quantitative estimate of drug-likeness (QED) is 0.582. The monoisotopic (exact) mass is 140 g/mol. The Morgan fingerprint density at radius 2 is 2.50 bits per heavy atom. The lowest BCUT2D eigenvalue weighted by atomic mass is 9.89. The van der Waals surface area contributed by atoms with Gasteiger partial charge in [-0.15, -0.1) is 6.58 Å². The summed E-state index contributed by atoms with van der Waals surface area (Å²) in [6.07, 6.45) is 6.00. The predicted molar refractivity (Wildman–Crippen MR) is 42.8 cm³/mol. The first-order chi connectivity index (χ1) is 4.73. The van der Waals surface area contributed by atoms with Crippen molar-refractivity contribution in [3.63, 3.8) is 0 Å². The number of hydrogen-bond acceptors (Lipinski definition) is 1. The molecule has 1 fully saturated rings. The third kappa shape index (κ3) is 1.10. The van der Waals surface area contributed by atoms with Crippen LogP contribution in [-0.4, -0.2) is 10.7 Å². The Balaban J connectivity index is 2.64. The molecule has 2 atom stereocenters. The molecule has 0 unspecified atom stereocenters. The van der Waals surface area contributed by atoms with Gasteiger partial charge in [-0.1, -0.05) is 13.0 Å². The molecule has 0 aromatic rings. The average molecular weight is 140 g/mol. The summed E-state index contributed by atoms with van der Waals surface area (Å²) in [5.41, 5.74) is -0.415. The lowest BCUT2D eigenvalue weighted by Gasteiger charge is -2.26. The van der Waals surface area contributed by atoms with Gasteiger partial charge >= 0.3 is 0 Å². The van der Waals surface area contributed by atoms with E-state index < -0.39 is 5.60 Å². The third-order valence-electron chi connectivity index (χ3n) is 2.71. The maximum Gasteiger partial charge on any atom is 0.0707 e. The minimum absolute atomic E-state index is 0.345. The Morgan fingerprint density at radius 3 is 2.90 bits per heavy atom. The number of hydrogen-bond donors (Lipinski definition) is 1. The lowest BCUT2D eigenvalue weighted by molar-refractivity contribution is 0.0157. The van der Waals surface area contributed by atoms with Gasteiger partial charge in [0.1, 0.15) is 0 Å². The van der Waals surface area contributed by atoms with E-state index in [2.05, 4.69) is 6.58 Å². The predicted octanol–water partition coefficient (Wildman–Crippen LogP) is 2.11. The Labute approximate surface area is 62.8 Å². The van der Waals surface area contributed by atoms with E-state index in [1.807, 2.05) is 13.0 Å². The van der Waals surface area contributed by atoms with Crippen molar-refractivity contribution in [3.05, 3.63) is 12.7 Å². The van der Waals surface area contributed by atoms with Crippen molar-refractivity contribution in [1.29, 1.82) is 0 Å². The van der Waals surface area contributed by atoms with Crippen LogP contribution in [0.5, 0.6) is 0 Å². The molecule has 1 heteroatoms. The van der Waals surface area contributed by atoms with Crippen molar-refractivity contribution in [2.45, 2.75) is 38.2 Å². The molecule has 0 heterocycles. The summed E-state index contributed by atoms with van der Waals surface area (Å²) in [5, 5.41) is 9.89. The van der Waals surface area contributed by atoms with Crippen molar-refractivity contribution in [3.8, 4) is 0 Å². The third-order valence-corrected chi connectivity index (χ3v) is 2.71. The van der Waals surface area contributed by atoms with Gasteiger partial charge < -0.3 is 5.11 Å². The minimum atomic E-state index is -0.415. The highest BCUT2D eigenvalue weighted by Gasteiger charge is 2.37. The largest absolute Gasteiger partial charge is 0.389 e. The number of aliphatic hydroxyl groups is 1. The molecule has 0 saturated heterocycles. The fourth-order valence-corrected chi connectivity index (χ4v) is 1.86. The molecule has 0 aromatic heterocycles. The highest BCUT2D eigenvalue weighted by atomic mass is 16.3. The van der Waals surface area contributed by atoms with Crippen LogP contribution in [0.15, 0.2) is 12.7 Å². The second-order valence-electron chi connectivity index (χ2n) is 3.19. The molecule has 0 aliphatic heterocycles. The Kier molecular flexibility index (Phi) is 2.14. The van der Waals surface area contributed by atoms with E-state index in [0.717, 1.165) is 25.7 Å². The second-order valence-corrected chi connectivity index (χ2v) is 3.19. The van der Waals surface area contributed by atoms with E-state index in [9.17, 15) is 5.11 Å². The van der Waals surface area contributed by atoms with Gasteiger partial charge in [0.25, 0.3) is 0 Å². The smallest absolute Gasteiger partial charge is 0.0707 e. The molecule has 0 bridgehead atoms. The fourth-order valence-electron chi connectivity index (χ4n) is 1.86. The summed E-state index contributed by atoms with van der Waals surface area (Å²) in [7, 11) is 0. The topological polar surface area (TPSA) is 20.2 Å². The molecule has 1 aliphatic rings. The van der Waals surface area contributed by atoms with Crippen LogP contribution in [0.4, 0.5) is 0 Å². The molecule has 1 saturated carbocycles. The highest BCUT2D eigenvalue weighted by Crippen LogP contribution is 2.38. The van der Waals surface area contributed by atoms with Crippen molar-refractivity contribution in [2.75, 3.05) is 0 Å². The van der Waals surface area contributed by atoms with E-state index in [4.69, 9.17) is 0 Å². The Bertz CT molecular complexity index is 131. The van der Waals surface area contributed by atoms with Crippen LogP contribution < -0.4 is 0 Å². The summed E-state index contributed by atoms with van der Waals surface area (Å²) < 4.78 is 0. The molecule has 58 valence electrons. The number of rotatable bonds is 2. The van der Waals surface area contributed by atoms with Gasteiger partial charge in [-0.05, 0) is 25.7 Å². The summed E-state index contributed by atoms with van der Waals surface area (Å²) in [5.74, 6) is 0.345. The van der Waals surface area contributed by atoms with Crippen molar-refractivity contribution >= 4 is 0 Å². The van der Waals surface area contributed by atoms with Crippen LogP contribution in [0.3, 0.4) is 0 Å². The molecule has 1 rings (SSSR count). The van der Waals surface area contributed by atoms with Gasteiger partial charge in [0, 0.05) is 5.92 Å². The zero-order valence-electron chi connectivity index (χ0n) is 6.64. The van der Waals surface area contributed by atoms with Gasteiger partial charge in [0.2, 0.25) is 0 Å². The molecule has 1 aliphatic carbocycles. The molecular formula is C9H16O. The first-order valence-electron chi connectivity index (χ1n) is 4.08. The Hall–Kier alpha value is -0.300. The van der Waals surface area contributed by atoms with Gasteiger partial charge in [0.05, 0.1) is 5.60 Å². The molecule has 0 radical (unpaired) electrons. The SMILES string of the molecule is C=C[C@@H]1CCC[C@]1(O)CC. The normalized spacial score (nSPS) is 40.0. The van der Waals surface area contributed by atoms with Gasteiger partial charge in [-0.3, -0.25) is 0 Å². The average Bonchev–Trinajstić information content (AvgIpc) is 2.32. The van der Waals surface area contributed by atoms with Crippen molar-refractivity contribution in [1.82, 2.24) is 0 Å². The molecule has 0 spiro atoms. The van der Waals surface area contributed by atoms with Gasteiger partial charge in [0.15, 0.2) is 0 Å². The molecule has 0 amide bonds. The van der Waals surface area contributed by atoms with E-state index in [0.29, 0.717) is 5.92 Å². The zero-order chi connectivity index (χ0) is 7.61. The summed E-state index contributed by atoms with van der Waals surface area (Å²) >= 11 is 0. The van der Waals surface area contributed by atoms with Crippen LogP contribution in [-0.2, 0) is 0 Å². The van der Waals surface area contributed by atoms with E-state index in [-0.39, 0.29) is 0 Å². The summed E-state index contributed by atoms with van der Waals surface area (Å²) in [6.45, 7) is 5.77. The molecule has 0 aromatic carbocycles. The van der Waals surface area contributed by atoms with Crippen LogP contribution in [0, 0.1) is 5.92 Å². The second kappa shape index (κ2) is 2.75. The van der Waals surface area contributed by atoms with Crippen molar-refractivity contribution in [2.24, 2.45) is 5.92 Å². The summed E-state index contributed by atoms with van der Waals surface area (Å²) in [4.78, 5) is 0. The molecule has 1 nitrogen and oxygen atoms in total. The Morgan fingerprint density at radius 1 is 1.80 bits per heavy atom. The standard InChI is InChI=1S/C9H16O/c1-3-8-6-5-7-9(8,10)4-2/h3,8,10H,1,4-7H2,2H3/t8-,9-/m1/s1. The maximum absolute atomic E-state index is 9.89. The van der Waals surface area contributed by atoms with Gasteiger partial charge in [-0.25, -0.2) is 0 Å². The fraction of sp³-hybridized carbons (Fsp3) is 0.778. The van der Waals surface area contributed by atoms with Crippen LogP contribution in [0.25, 0.3) is 0 Å². The lowest BCUT2D eigenvalue weighted by Crippen LogP contribution is -2.30. The van der Waals surface area contributed by atoms with E-state index >= 15 is 0 Å². The van der Waals surface area contributed by atoms with Crippen molar-refractivity contribution < 1.29 is 5.11 Å². The maximum atomic E-state index is 9.89. The van der Waals surface area contributed by atoms with Crippen LogP contribution in [0.1, 0.15) is 32.6 Å². The molecular weight excluding hydrogens is 124 g/mol. The van der Waals surface area contributed by atoms with E-state index in [1.165, 1.54) is 0 Å². The first-order valence-corrected chi connectivity index (χ1v) is 4.08. The summed E-state index contributed by atoms with van der Waals surface area (Å²) in [6, 6.07) is 0. The minimum Gasteiger partial charge on any atom is -0.389 e. The van der Waals surface area contributed by atoms with Crippen LogP contribution >= 0.6 is 0 Å². The first kappa shape index (κ1) is 7.80. The molecule has 10 heavy (non-hydrogen) atoms. The van der Waals surface area contributed by atoms with E-state index in [1.54, 1.807) is 0 Å². The highest BCUT2D eigenvalue weighted by molar-refractivity contribution is 4.99.